The number of nitrogens with zero attached hydrogens (tertiary/aromatic N) is 2. The number of fused-ring (bicyclic) bond motifs is 4. The Morgan fingerprint density at radius 1 is 1.07 bits per heavy atom. The zero-order valence-corrected chi connectivity index (χ0v) is 26.5. The number of nitrogens with one attached hydrogen (secondary N) is 3. The summed E-state index contributed by atoms with van der Waals surface area (Å²) in [6.45, 7) is 11.4. The zero-order chi connectivity index (χ0) is 32.0. The van der Waals surface area contributed by atoms with Crippen LogP contribution in [0.3, 0.4) is 0 Å². The number of aliphatic hydroxyl groups is 1. The summed E-state index contributed by atoms with van der Waals surface area (Å²) < 4.78 is 11.7. The standard InChI is InChI=1S/C33H45N5O6/c1-20(2)29-31(41)35-22(4)32(42)38-16-9-11-26(37-38)30(40)34-21(3)25-15-14-24-13-12-23(18-27(24)36-25)10-7-8-17-43-33(5,6)19-28(39)44-29/h7,10,12-15,18,21-22,26,28,37,39H,8-9,11,16-17,19H2,1-6H3,(H,34,40)(H,35,41)/b10-7+/t21-,22+,26+,28?/m1/s1. The summed E-state index contributed by atoms with van der Waals surface area (Å²) in [5.41, 5.74) is 5.39. The second-order valence-electron chi connectivity index (χ2n) is 12.3. The SMILES string of the molecule is CC(C)=C1OC(O)CC(C)(C)OCC/C=C/c2ccc3ccc(nc3c2)[C@@H](C)NC(=O)[C@@H]2CCCN(N2)C(=O)[C@H](C)NC1=O. The van der Waals surface area contributed by atoms with Gasteiger partial charge in [-0.05, 0) is 84.1 Å². The van der Waals surface area contributed by atoms with Gasteiger partial charge in [0.15, 0.2) is 12.0 Å². The number of allylic oxidation sites excluding steroid dienone is 1. The first-order valence-corrected chi connectivity index (χ1v) is 15.2. The molecular weight excluding hydrogens is 562 g/mol. The molecule has 4 rings (SSSR count). The van der Waals surface area contributed by atoms with Crippen LogP contribution in [-0.2, 0) is 23.9 Å². The lowest BCUT2D eigenvalue weighted by atomic mass is 10.0. The molecular formula is C33H45N5O6. The summed E-state index contributed by atoms with van der Waals surface area (Å²) in [5.74, 6) is -1.31. The monoisotopic (exact) mass is 607 g/mol. The van der Waals surface area contributed by atoms with Gasteiger partial charge in [-0.1, -0.05) is 30.4 Å². The quantitative estimate of drug-likeness (QED) is 0.333. The van der Waals surface area contributed by atoms with Crippen LogP contribution in [0.4, 0.5) is 0 Å². The summed E-state index contributed by atoms with van der Waals surface area (Å²) in [6.07, 6.45) is 4.66. The molecule has 44 heavy (non-hydrogen) atoms. The Morgan fingerprint density at radius 2 is 1.82 bits per heavy atom. The van der Waals surface area contributed by atoms with Gasteiger partial charge in [-0.25, -0.2) is 5.43 Å². The van der Waals surface area contributed by atoms with E-state index in [9.17, 15) is 19.5 Å². The fourth-order valence-electron chi connectivity index (χ4n) is 5.25. The second kappa shape index (κ2) is 14.3. The largest absolute Gasteiger partial charge is 0.459 e. The summed E-state index contributed by atoms with van der Waals surface area (Å²) in [7, 11) is 0. The van der Waals surface area contributed by atoms with Crippen LogP contribution < -0.4 is 16.1 Å². The van der Waals surface area contributed by atoms with Gasteiger partial charge < -0.3 is 25.2 Å². The predicted molar refractivity (Wildman–Crippen MR) is 168 cm³/mol. The number of hydrogen-bond donors (Lipinski definition) is 4. The molecule has 1 aromatic heterocycles. The first-order valence-electron chi connectivity index (χ1n) is 15.2. The van der Waals surface area contributed by atoms with Crippen molar-refractivity contribution in [2.24, 2.45) is 0 Å². The third kappa shape index (κ3) is 8.64. The van der Waals surface area contributed by atoms with Gasteiger partial charge in [0, 0.05) is 18.4 Å². The van der Waals surface area contributed by atoms with Crippen molar-refractivity contribution in [3.8, 4) is 0 Å². The van der Waals surface area contributed by atoms with Crippen molar-refractivity contribution >= 4 is 34.7 Å². The van der Waals surface area contributed by atoms with Crippen molar-refractivity contribution in [1.29, 1.82) is 0 Å². The Hall–Kier alpha value is -3.80. The minimum Gasteiger partial charge on any atom is -0.459 e. The van der Waals surface area contributed by atoms with Gasteiger partial charge >= 0.3 is 0 Å². The molecule has 3 heterocycles. The third-order valence-electron chi connectivity index (χ3n) is 7.69. The Labute approximate surface area is 259 Å². The smallest absolute Gasteiger partial charge is 0.287 e. The number of hydrogen-bond acceptors (Lipinski definition) is 8. The molecule has 0 radical (unpaired) electrons. The van der Waals surface area contributed by atoms with Crippen LogP contribution in [-0.4, -0.2) is 69.9 Å². The predicted octanol–water partition coefficient (Wildman–Crippen LogP) is 3.64. The maximum absolute atomic E-state index is 13.3. The molecule has 4 atom stereocenters. The van der Waals surface area contributed by atoms with Gasteiger partial charge in [-0.3, -0.25) is 24.4 Å². The lowest BCUT2D eigenvalue weighted by Gasteiger charge is -2.35. The van der Waals surface area contributed by atoms with E-state index in [2.05, 4.69) is 16.1 Å². The molecule has 238 valence electrons. The van der Waals surface area contributed by atoms with E-state index in [1.807, 2.05) is 63.3 Å². The summed E-state index contributed by atoms with van der Waals surface area (Å²) in [6, 6.07) is 8.05. The number of rotatable bonds is 0. The molecule has 1 fully saturated rings. The normalized spacial score (nSPS) is 26.8. The minimum absolute atomic E-state index is 0.0616. The highest BCUT2D eigenvalue weighted by atomic mass is 16.6. The summed E-state index contributed by atoms with van der Waals surface area (Å²) >= 11 is 0. The number of hydrazine groups is 1. The van der Waals surface area contributed by atoms with Crippen LogP contribution in [0.25, 0.3) is 17.0 Å². The van der Waals surface area contributed by atoms with Crippen LogP contribution in [0.5, 0.6) is 0 Å². The van der Waals surface area contributed by atoms with Crippen molar-refractivity contribution in [3.05, 3.63) is 59.0 Å². The summed E-state index contributed by atoms with van der Waals surface area (Å²) in [5, 5.41) is 18.8. The van der Waals surface area contributed by atoms with E-state index in [0.717, 1.165) is 22.2 Å². The Morgan fingerprint density at radius 3 is 2.57 bits per heavy atom. The summed E-state index contributed by atoms with van der Waals surface area (Å²) in [4.78, 5) is 44.5. The van der Waals surface area contributed by atoms with E-state index < -0.39 is 35.8 Å². The Balaban J connectivity index is 1.58. The fourth-order valence-corrected chi connectivity index (χ4v) is 5.25. The van der Waals surface area contributed by atoms with E-state index in [4.69, 9.17) is 14.5 Å². The highest BCUT2D eigenvalue weighted by Crippen LogP contribution is 2.22. The molecule has 0 saturated carbocycles. The first-order chi connectivity index (χ1) is 20.8. The van der Waals surface area contributed by atoms with Gasteiger partial charge in [0.2, 0.25) is 5.91 Å². The number of amides is 3. The first kappa shape index (κ1) is 33.1. The molecule has 1 unspecified atom stereocenters. The average Bonchev–Trinajstić information content (AvgIpc) is 2.97. The molecule has 1 saturated heterocycles. The molecule has 2 aliphatic heterocycles. The highest BCUT2D eigenvalue weighted by molar-refractivity contribution is 5.96. The molecule has 11 nitrogen and oxygen atoms in total. The number of pyridine rings is 1. The molecule has 4 N–H and O–H groups in total. The van der Waals surface area contributed by atoms with Gasteiger partial charge in [0.05, 0.1) is 29.5 Å². The van der Waals surface area contributed by atoms with Gasteiger partial charge in [-0.15, -0.1) is 0 Å². The molecule has 11 heteroatoms. The highest BCUT2D eigenvalue weighted by Gasteiger charge is 2.32. The van der Waals surface area contributed by atoms with Gasteiger partial charge in [0.1, 0.15) is 12.1 Å². The van der Waals surface area contributed by atoms with Crippen LogP contribution in [0, 0.1) is 0 Å². The molecule has 2 aliphatic rings. The van der Waals surface area contributed by atoms with Crippen molar-refractivity contribution in [2.45, 2.75) is 97.2 Å². The second-order valence-corrected chi connectivity index (χ2v) is 12.3. The van der Waals surface area contributed by atoms with Crippen LogP contribution in [0.2, 0.25) is 0 Å². The van der Waals surface area contributed by atoms with E-state index in [0.29, 0.717) is 38.0 Å². The minimum atomic E-state index is -1.31. The van der Waals surface area contributed by atoms with Crippen LogP contribution in [0.1, 0.15) is 84.5 Å². The number of carbonyl (C=O) groups excluding carboxylic acids is 3. The van der Waals surface area contributed by atoms with E-state index in [-0.39, 0.29) is 24.1 Å². The molecule has 5 bridgehead atoms. The maximum Gasteiger partial charge on any atom is 0.287 e. The van der Waals surface area contributed by atoms with Crippen molar-refractivity contribution in [3.63, 3.8) is 0 Å². The molecule has 1 aromatic carbocycles. The lowest BCUT2D eigenvalue weighted by Crippen LogP contribution is -2.60. The molecule has 3 amide bonds. The molecule has 2 aromatic rings. The number of carbonyl (C=O) groups is 3. The Bertz CT molecular complexity index is 1430. The number of aromatic nitrogens is 1. The lowest BCUT2D eigenvalue weighted by molar-refractivity contribution is -0.146. The van der Waals surface area contributed by atoms with Gasteiger partial charge in [-0.2, -0.15) is 0 Å². The van der Waals surface area contributed by atoms with Crippen molar-refractivity contribution in [2.75, 3.05) is 13.2 Å². The Kier molecular flexibility index (Phi) is 10.8. The van der Waals surface area contributed by atoms with Crippen LogP contribution in [0.15, 0.2) is 47.7 Å². The molecule has 0 aliphatic carbocycles. The number of benzene rings is 1. The maximum atomic E-state index is 13.3. The van der Waals surface area contributed by atoms with E-state index in [1.54, 1.807) is 20.8 Å². The van der Waals surface area contributed by atoms with Crippen molar-refractivity contribution < 1.29 is 29.0 Å². The van der Waals surface area contributed by atoms with Crippen molar-refractivity contribution in [1.82, 2.24) is 26.1 Å². The topological polar surface area (TPSA) is 142 Å². The van der Waals surface area contributed by atoms with Crippen LogP contribution >= 0.6 is 0 Å². The van der Waals surface area contributed by atoms with E-state index >= 15 is 0 Å². The average molecular weight is 608 g/mol. The van der Waals surface area contributed by atoms with E-state index in [1.165, 1.54) is 5.01 Å². The molecule has 0 spiro atoms. The number of aliphatic hydroxyl groups excluding tert-OH is 1. The zero-order valence-electron chi connectivity index (χ0n) is 26.5. The number of ether oxygens (including phenoxy) is 2. The fraction of sp³-hybridized carbons (Fsp3) is 0.515. The third-order valence-corrected chi connectivity index (χ3v) is 7.69. The van der Waals surface area contributed by atoms with Gasteiger partial charge in [0.25, 0.3) is 11.8 Å².